The Hall–Kier alpha value is -2.08. The van der Waals surface area contributed by atoms with Crippen molar-refractivity contribution in [2.75, 3.05) is 33.3 Å². The van der Waals surface area contributed by atoms with Crippen LogP contribution in [0.1, 0.15) is 24.5 Å². The van der Waals surface area contributed by atoms with Crippen LogP contribution in [0.5, 0.6) is 0 Å². The number of carbonyl (C=O) groups excluding carboxylic acids is 2. The Labute approximate surface area is 137 Å². The fourth-order valence-electron chi connectivity index (χ4n) is 2.74. The zero-order valence-electron chi connectivity index (χ0n) is 13.9. The normalized spacial score (nSPS) is 15.2. The molecule has 0 unspecified atom stereocenters. The Bertz CT molecular complexity index is 548. The summed E-state index contributed by atoms with van der Waals surface area (Å²) in [6.45, 7) is 5.15. The van der Waals surface area contributed by atoms with Crippen LogP contribution in [-0.2, 0) is 22.7 Å². The van der Waals surface area contributed by atoms with Gasteiger partial charge in [-0.3, -0.25) is 4.79 Å². The van der Waals surface area contributed by atoms with Gasteiger partial charge in [-0.05, 0) is 17.5 Å². The molecule has 0 aliphatic carbocycles. The van der Waals surface area contributed by atoms with Crippen LogP contribution in [0.3, 0.4) is 0 Å². The summed E-state index contributed by atoms with van der Waals surface area (Å²) in [5.74, 6) is 0.0701. The van der Waals surface area contributed by atoms with E-state index in [1.807, 2.05) is 24.3 Å². The molecule has 0 bridgehead atoms. The zero-order valence-corrected chi connectivity index (χ0v) is 13.9. The van der Waals surface area contributed by atoms with E-state index in [4.69, 9.17) is 4.74 Å². The van der Waals surface area contributed by atoms with E-state index in [9.17, 15) is 9.59 Å². The van der Waals surface area contributed by atoms with Crippen LogP contribution in [0.4, 0.5) is 4.79 Å². The Morgan fingerprint density at radius 2 is 1.74 bits per heavy atom. The van der Waals surface area contributed by atoms with Crippen LogP contribution in [0.15, 0.2) is 24.3 Å². The van der Waals surface area contributed by atoms with Crippen molar-refractivity contribution in [3.05, 3.63) is 35.4 Å². The van der Waals surface area contributed by atoms with E-state index in [-0.39, 0.29) is 11.9 Å². The second kappa shape index (κ2) is 8.53. The van der Waals surface area contributed by atoms with Gasteiger partial charge in [-0.15, -0.1) is 0 Å². The molecule has 0 spiro atoms. The monoisotopic (exact) mass is 319 g/mol. The minimum Gasteiger partial charge on any atom is -0.380 e. The molecule has 0 atom stereocenters. The van der Waals surface area contributed by atoms with Crippen LogP contribution in [-0.4, -0.2) is 55.0 Å². The summed E-state index contributed by atoms with van der Waals surface area (Å²) in [6, 6.07) is 7.83. The van der Waals surface area contributed by atoms with Gasteiger partial charge in [0, 0.05) is 46.8 Å². The van der Waals surface area contributed by atoms with Gasteiger partial charge in [0.05, 0.1) is 6.61 Å². The first-order valence-corrected chi connectivity index (χ1v) is 7.96. The lowest BCUT2D eigenvalue weighted by molar-refractivity contribution is -0.128. The summed E-state index contributed by atoms with van der Waals surface area (Å²) in [5, 5.41) is 2.97. The molecule has 1 fully saturated rings. The predicted octanol–water partition coefficient (Wildman–Crippen LogP) is 1.60. The molecular formula is C17H25N3O3. The summed E-state index contributed by atoms with van der Waals surface area (Å²) >= 11 is 0. The topological polar surface area (TPSA) is 61.9 Å². The van der Waals surface area contributed by atoms with Crippen LogP contribution in [0.2, 0.25) is 0 Å². The third-order valence-corrected chi connectivity index (χ3v) is 4.08. The van der Waals surface area contributed by atoms with Crippen molar-refractivity contribution in [3.63, 3.8) is 0 Å². The lowest BCUT2D eigenvalue weighted by atomic mass is 10.1. The fraction of sp³-hybridized carbons (Fsp3) is 0.529. The summed E-state index contributed by atoms with van der Waals surface area (Å²) in [4.78, 5) is 27.4. The number of amides is 3. The van der Waals surface area contributed by atoms with Crippen LogP contribution in [0.25, 0.3) is 0 Å². The summed E-state index contributed by atoms with van der Waals surface area (Å²) in [5.41, 5.74) is 2.14. The van der Waals surface area contributed by atoms with Crippen molar-refractivity contribution in [3.8, 4) is 0 Å². The molecule has 1 aliphatic rings. The molecule has 6 heteroatoms. The number of rotatable bonds is 4. The molecule has 1 aromatic rings. The molecule has 3 amide bonds. The maximum atomic E-state index is 12.4. The number of ether oxygens (including phenoxy) is 1. The van der Waals surface area contributed by atoms with Gasteiger partial charge in [-0.1, -0.05) is 24.3 Å². The van der Waals surface area contributed by atoms with Gasteiger partial charge in [0.1, 0.15) is 0 Å². The highest BCUT2D eigenvalue weighted by Gasteiger charge is 2.20. The average molecular weight is 319 g/mol. The highest BCUT2D eigenvalue weighted by atomic mass is 16.5. The number of benzene rings is 1. The van der Waals surface area contributed by atoms with Crippen molar-refractivity contribution >= 4 is 11.9 Å². The van der Waals surface area contributed by atoms with Crippen molar-refractivity contribution in [1.82, 2.24) is 15.1 Å². The van der Waals surface area contributed by atoms with E-state index in [0.29, 0.717) is 32.8 Å². The molecule has 2 rings (SSSR count). The van der Waals surface area contributed by atoms with Gasteiger partial charge in [0.25, 0.3) is 0 Å². The van der Waals surface area contributed by atoms with E-state index in [2.05, 4.69) is 5.32 Å². The van der Waals surface area contributed by atoms with E-state index in [1.165, 1.54) is 0 Å². The molecule has 0 radical (unpaired) electrons. The first kappa shape index (κ1) is 17.3. The van der Waals surface area contributed by atoms with Crippen LogP contribution >= 0.6 is 0 Å². The van der Waals surface area contributed by atoms with E-state index < -0.39 is 0 Å². The number of methoxy groups -OCH3 is 1. The van der Waals surface area contributed by atoms with Gasteiger partial charge in [0.2, 0.25) is 5.91 Å². The number of carbonyl (C=O) groups is 2. The third kappa shape index (κ3) is 4.96. The Morgan fingerprint density at radius 1 is 1.09 bits per heavy atom. The van der Waals surface area contributed by atoms with Crippen LogP contribution < -0.4 is 5.32 Å². The highest BCUT2D eigenvalue weighted by molar-refractivity contribution is 5.75. The largest absolute Gasteiger partial charge is 0.380 e. The van der Waals surface area contributed by atoms with Gasteiger partial charge in [-0.2, -0.15) is 0 Å². The SMILES string of the molecule is COCc1ccccc1CNC(=O)N1CCCN(C(C)=O)CC1. The quantitative estimate of drug-likeness (QED) is 0.917. The van der Waals surface area contributed by atoms with Crippen molar-refractivity contribution in [1.29, 1.82) is 0 Å². The zero-order chi connectivity index (χ0) is 16.7. The van der Waals surface area contributed by atoms with Crippen molar-refractivity contribution < 1.29 is 14.3 Å². The molecule has 0 saturated carbocycles. The molecule has 1 heterocycles. The third-order valence-electron chi connectivity index (χ3n) is 4.08. The predicted molar refractivity (Wildman–Crippen MR) is 87.8 cm³/mol. The Balaban J connectivity index is 1.88. The molecule has 1 aliphatic heterocycles. The molecule has 1 saturated heterocycles. The van der Waals surface area contributed by atoms with E-state index in [1.54, 1.807) is 23.8 Å². The molecule has 1 aromatic carbocycles. The maximum absolute atomic E-state index is 12.4. The molecular weight excluding hydrogens is 294 g/mol. The summed E-state index contributed by atoms with van der Waals surface area (Å²) in [6.07, 6.45) is 0.813. The van der Waals surface area contributed by atoms with Gasteiger partial charge in [-0.25, -0.2) is 4.79 Å². The molecule has 6 nitrogen and oxygen atoms in total. The first-order chi connectivity index (χ1) is 11.1. The van der Waals surface area contributed by atoms with Crippen molar-refractivity contribution in [2.45, 2.75) is 26.5 Å². The lowest BCUT2D eigenvalue weighted by Crippen LogP contribution is -2.42. The first-order valence-electron chi connectivity index (χ1n) is 7.96. The smallest absolute Gasteiger partial charge is 0.317 e. The molecule has 1 N–H and O–H groups in total. The average Bonchev–Trinajstić information content (AvgIpc) is 2.80. The number of hydrogen-bond donors (Lipinski definition) is 1. The number of nitrogens with one attached hydrogen (secondary N) is 1. The van der Waals surface area contributed by atoms with Gasteiger partial charge < -0.3 is 19.9 Å². The standard InChI is InChI=1S/C17H25N3O3/c1-14(21)19-8-5-9-20(11-10-19)17(22)18-12-15-6-3-4-7-16(15)13-23-2/h3-4,6-7H,5,8-13H2,1-2H3,(H,18,22). The summed E-state index contributed by atoms with van der Waals surface area (Å²) < 4.78 is 5.18. The van der Waals surface area contributed by atoms with Gasteiger partial charge in [0.15, 0.2) is 0 Å². The Kier molecular flexibility index (Phi) is 6.40. The fourth-order valence-corrected chi connectivity index (χ4v) is 2.74. The molecule has 23 heavy (non-hydrogen) atoms. The van der Waals surface area contributed by atoms with E-state index >= 15 is 0 Å². The lowest BCUT2D eigenvalue weighted by Gasteiger charge is -2.22. The molecule has 126 valence electrons. The second-order valence-corrected chi connectivity index (χ2v) is 5.71. The van der Waals surface area contributed by atoms with E-state index in [0.717, 1.165) is 24.1 Å². The summed E-state index contributed by atoms with van der Waals surface area (Å²) in [7, 11) is 1.66. The number of nitrogens with zero attached hydrogens (tertiary/aromatic N) is 2. The Morgan fingerprint density at radius 3 is 2.43 bits per heavy atom. The van der Waals surface area contributed by atoms with Gasteiger partial charge >= 0.3 is 6.03 Å². The number of hydrogen-bond acceptors (Lipinski definition) is 3. The van der Waals surface area contributed by atoms with Crippen molar-refractivity contribution in [2.24, 2.45) is 0 Å². The second-order valence-electron chi connectivity index (χ2n) is 5.71. The minimum absolute atomic E-state index is 0.0701. The van der Waals surface area contributed by atoms with Crippen LogP contribution in [0, 0.1) is 0 Å². The number of urea groups is 1. The highest BCUT2D eigenvalue weighted by Crippen LogP contribution is 2.10. The minimum atomic E-state index is -0.0809. The molecule has 0 aromatic heterocycles. The maximum Gasteiger partial charge on any atom is 0.317 e.